The zero-order valence-electron chi connectivity index (χ0n) is 18.0. The van der Waals surface area contributed by atoms with Crippen LogP contribution in [0.15, 0.2) is 48.5 Å². The summed E-state index contributed by atoms with van der Waals surface area (Å²) in [6.07, 6.45) is 2.17. The van der Waals surface area contributed by atoms with E-state index in [1.807, 2.05) is 50.2 Å². The second-order valence-corrected chi connectivity index (χ2v) is 8.27. The smallest absolute Gasteiger partial charge is 0.233 e. The summed E-state index contributed by atoms with van der Waals surface area (Å²) in [5.74, 6) is 1.01. The highest BCUT2D eigenvalue weighted by atomic mass is 32.1. The summed E-state index contributed by atoms with van der Waals surface area (Å²) < 4.78 is 5.77. The molecule has 156 valence electrons. The molecule has 2 aromatic rings. The third-order valence-electron chi connectivity index (χ3n) is 4.78. The highest BCUT2D eigenvalue weighted by Crippen LogP contribution is 2.19. The lowest BCUT2D eigenvalue weighted by atomic mass is 9.96. The number of carbonyl (C=O) groups excluding carboxylic acids is 1. The van der Waals surface area contributed by atoms with Gasteiger partial charge in [-0.3, -0.25) is 4.79 Å². The SMILES string of the molecule is CCC(C)Oc1ccc(NC(=S)NC(=O)C(C)c2ccc(CC(C)C)cc2)cc1. The minimum Gasteiger partial charge on any atom is -0.491 e. The first-order valence-corrected chi connectivity index (χ1v) is 10.7. The third kappa shape index (κ3) is 7.50. The van der Waals surface area contributed by atoms with Crippen LogP contribution in [0.2, 0.25) is 0 Å². The van der Waals surface area contributed by atoms with Crippen molar-refractivity contribution in [1.82, 2.24) is 5.32 Å². The molecule has 2 N–H and O–H groups in total. The van der Waals surface area contributed by atoms with Gasteiger partial charge in [-0.15, -0.1) is 0 Å². The van der Waals surface area contributed by atoms with E-state index < -0.39 is 0 Å². The van der Waals surface area contributed by atoms with Gasteiger partial charge in [0.25, 0.3) is 0 Å². The van der Waals surface area contributed by atoms with Gasteiger partial charge in [0.2, 0.25) is 5.91 Å². The van der Waals surface area contributed by atoms with Crippen molar-refractivity contribution >= 4 is 28.9 Å². The Labute approximate surface area is 180 Å². The molecule has 0 heterocycles. The molecule has 2 rings (SSSR count). The minimum absolute atomic E-state index is 0.129. The van der Waals surface area contributed by atoms with Crippen LogP contribution in [-0.4, -0.2) is 17.1 Å². The lowest BCUT2D eigenvalue weighted by Gasteiger charge is -2.16. The van der Waals surface area contributed by atoms with Gasteiger partial charge in [-0.05, 0) is 80.2 Å². The number of nitrogens with one attached hydrogen (secondary N) is 2. The number of benzene rings is 2. The van der Waals surface area contributed by atoms with Crippen molar-refractivity contribution in [3.8, 4) is 5.75 Å². The van der Waals surface area contributed by atoms with Gasteiger partial charge in [0.1, 0.15) is 5.75 Å². The summed E-state index contributed by atoms with van der Waals surface area (Å²) in [7, 11) is 0. The van der Waals surface area contributed by atoms with Crippen molar-refractivity contribution in [1.29, 1.82) is 0 Å². The molecular formula is C24H32N2O2S. The summed E-state index contributed by atoms with van der Waals surface area (Å²) in [5.41, 5.74) is 3.07. The van der Waals surface area contributed by atoms with Gasteiger partial charge < -0.3 is 15.4 Å². The number of ether oxygens (including phenoxy) is 1. The van der Waals surface area contributed by atoms with Crippen molar-refractivity contribution in [3.05, 3.63) is 59.7 Å². The van der Waals surface area contributed by atoms with Gasteiger partial charge >= 0.3 is 0 Å². The number of anilines is 1. The van der Waals surface area contributed by atoms with Crippen molar-refractivity contribution in [3.63, 3.8) is 0 Å². The second-order valence-electron chi connectivity index (χ2n) is 7.87. The summed E-state index contributed by atoms with van der Waals surface area (Å²) in [5, 5.41) is 6.11. The lowest BCUT2D eigenvalue weighted by molar-refractivity contribution is -0.120. The highest BCUT2D eigenvalue weighted by Gasteiger charge is 2.16. The quantitative estimate of drug-likeness (QED) is 0.548. The van der Waals surface area contributed by atoms with Crippen molar-refractivity contribution in [2.45, 2.75) is 59.5 Å². The minimum atomic E-state index is -0.283. The largest absolute Gasteiger partial charge is 0.491 e. The Morgan fingerprint density at radius 2 is 1.62 bits per heavy atom. The molecule has 2 atom stereocenters. The van der Waals surface area contributed by atoms with Crippen LogP contribution in [0.25, 0.3) is 0 Å². The molecule has 2 aromatic carbocycles. The fraction of sp³-hybridized carbons (Fsp3) is 0.417. The second kappa shape index (κ2) is 11.0. The van der Waals surface area contributed by atoms with Gasteiger partial charge in [0.05, 0.1) is 12.0 Å². The average molecular weight is 413 g/mol. The van der Waals surface area contributed by atoms with E-state index in [1.54, 1.807) is 0 Å². The lowest BCUT2D eigenvalue weighted by Crippen LogP contribution is -2.36. The van der Waals surface area contributed by atoms with E-state index in [9.17, 15) is 4.79 Å². The molecule has 0 bridgehead atoms. The van der Waals surface area contributed by atoms with E-state index in [0.29, 0.717) is 5.92 Å². The third-order valence-corrected chi connectivity index (χ3v) is 4.98. The van der Waals surface area contributed by atoms with Crippen LogP contribution in [0, 0.1) is 5.92 Å². The Balaban J connectivity index is 1.88. The summed E-state index contributed by atoms with van der Waals surface area (Å²) in [6.45, 7) is 10.4. The average Bonchev–Trinajstić information content (AvgIpc) is 2.68. The highest BCUT2D eigenvalue weighted by molar-refractivity contribution is 7.80. The number of amides is 1. The van der Waals surface area contributed by atoms with Crippen molar-refractivity contribution in [2.75, 3.05) is 5.32 Å². The Kier molecular flexibility index (Phi) is 8.65. The molecule has 2 unspecified atom stereocenters. The molecule has 0 saturated heterocycles. The maximum Gasteiger partial charge on any atom is 0.233 e. The first-order chi connectivity index (χ1) is 13.8. The predicted molar refractivity (Wildman–Crippen MR) is 125 cm³/mol. The Bertz CT molecular complexity index is 801. The van der Waals surface area contributed by atoms with E-state index in [0.717, 1.165) is 29.8 Å². The van der Waals surface area contributed by atoms with Gasteiger partial charge in [0, 0.05) is 5.69 Å². The molecule has 0 spiro atoms. The molecule has 5 heteroatoms. The molecule has 0 fully saturated rings. The number of hydrogen-bond acceptors (Lipinski definition) is 3. The maximum atomic E-state index is 12.6. The normalized spacial score (nSPS) is 12.9. The molecular weight excluding hydrogens is 380 g/mol. The van der Waals surface area contributed by atoms with Crippen molar-refractivity contribution in [2.24, 2.45) is 5.92 Å². The van der Waals surface area contributed by atoms with Crippen LogP contribution in [0.4, 0.5) is 5.69 Å². The Morgan fingerprint density at radius 3 is 2.17 bits per heavy atom. The Hall–Kier alpha value is -2.40. The first kappa shape index (κ1) is 22.9. The summed E-state index contributed by atoms with van der Waals surface area (Å²) in [6, 6.07) is 15.8. The first-order valence-electron chi connectivity index (χ1n) is 10.3. The standard InChI is InChI=1S/C24H32N2O2S/c1-6-17(4)28-22-13-11-21(12-14-22)25-24(29)26-23(27)18(5)20-9-7-19(8-10-20)15-16(2)3/h7-14,16-18H,6,15H2,1-5H3,(H2,25,26,27,29). The Morgan fingerprint density at radius 1 is 1.00 bits per heavy atom. The van der Waals surface area contributed by atoms with Crippen LogP contribution in [0.1, 0.15) is 58.1 Å². The predicted octanol–water partition coefficient (Wildman–Crippen LogP) is 5.68. The van der Waals surface area contributed by atoms with Crippen LogP contribution in [0.5, 0.6) is 5.75 Å². The van der Waals surface area contributed by atoms with Gasteiger partial charge in [-0.2, -0.15) is 0 Å². The maximum absolute atomic E-state index is 12.6. The zero-order valence-corrected chi connectivity index (χ0v) is 18.8. The fourth-order valence-electron chi connectivity index (χ4n) is 2.88. The molecule has 0 aliphatic rings. The van der Waals surface area contributed by atoms with E-state index in [-0.39, 0.29) is 23.0 Å². The van der Waals surface area contributed by atoms with Crippen molar-refractivity contribution < 1.29 is 9.53 Å². The molecule has 0 saturated carbocycles. The number of thiocarbonyl (C=S) groups is 1. The molecule has 0 aromatic heterocycles. The number of hydrogen-bond donors (Lipinski definition) is 2. The zero-order chi connectivity index (χ0) is 21.4. The van der Waals surface area contributed by atoms with E-state index >= 15 is 0 Å². The fourth-order valence-corrected chi connectivity index (χ4v) is 3.10. The van der Waals surface area contributed by atoms with Crippen LogP contribution in [0.3, 0.4) is 0 Å². The van der Waals surface area contributed by atoms with E-state index in [4.69, 9.17) is 17.0 Å². The summed E-state index contributed by atoms with van der Waals surface area (Å²) in [4.78, 5) is 12.6. The monoisotopic (exact) mass is 412 g/mol. The van der Waals surface area contributed by atoms with Gasteiger partial charge in [-0.25, -0.2) is 0 Å². The number of carbonyl (C=O) groups is 1. The van der Waals surface area contributed by atoms with Gasteiger partial charge in [-0.1, -0.05) is 45.0 Å². The molecule has 0 radical (unpaired) electrons. The topological polar surface area (TPSA) is 50.4 Å². The molecule has 1 amide bonds. The van der Waals surface area contributed by atoms with Crippen LogP contribution in [-0.2, 0) is 11.2 Å². The van der Waals surface area contributed by atoms with E-state index in [1.165, 1.54) is 5.56 Å². The number of rotatable bonds is 8. The molecule has 0 aliphatic carbocycles. The molecule has 4 nitrogen and oxygen atoms in total. The van der Waals surface area contributed by atoms with Crippen LogP contribution >= 0.6 is 12.2 Å². The van der Waals surface area contributed by atoms with E-state index in [2.05, 4.69) is 43.5 Å². The van der Waals surface area contributed by atoms with Gasteiger partial charge in [0.15, 0.2) is 5.11 Å². The molecule has 29 heavy (non-hydrogen) atoms. The molecule has 0 aliphatic heterocycles. The summed E-state index contributed by atoms with van der Waals surface area (Å²) >= 11 is 5.30. The van der Waals surface area contributed by atoms with Crippen LogP contribution < -0.4 is 15.4 Å².